The molecule has 2 radical (unpaired) electrons. The number of rotatable bonds is 3. The Bertz CT molecular complexity index is 126. The first-order chi connectivity index (χ1) is 5.70. The lowest BCUT2D eigenvalue weighted by Gasteiger charge is -2.37. The van der Waals surface area contributed by atoms with Gasteiger partial charge in [0.2, 0.25) is 0 Å². The fraction of sp³-hybridized carbons (Fsp3) is 0.900. The molecule has 0 aliphatic carbocycles. The van der Waals surface area contributed by atoms with Gasteiger partial charge in [-0.05, 0) is 33.1 Å². The topological polar surface area (TPSA) is 18.5 Å². The molecule has 2 nitrogen and oxygen atoms in total. The summed E-state index contributed by atoms with van der Waals surface area (Å²) in [5.41, 5.74) is 0. The molecule has 0 N–H and O–H groups in total. The molecule has 1 rings (SSSR count). The van der Waals surface area contributed by atoms with E-state index in [0.29, 0.717) is 5.92 Å². The van der Waals surface area contributed by atoms with E-state index in [2.05, 4.69) is 6.92 Å². The largest absolute Gasteiger partial charge is 0.350 e. The molecule has 0 aromatic heterocycles. The van der Waals surface area contributed by atoms with Gasteiger partial charge in [-0.25, -0.2) is 0 Å². The number of hydrogen-bond donors (Lipinski definition) is 0. The number of ether oxygens (including phenoxy) is 2. The van der Waals surface area contributed by atoms with E-state index in [1.54, 1.807) is 0 Å². The van der Waals surface area contributed by atoms with Crippen molar-refractivity contribution in [2.45, 2.75) is 38.9 Å². The van der Waals surface area contributed by atoms with Crippen LogP contribution in [0.25, 0.3) is 0 Å². The van der Waals surface area contributed by atoms with Crippen LogP contribution in [0, 0.1) is 12.8 Å². The Labute approximate surface area is 75.2 Å². The molecule has 1 heterocycles. The second-order valence-corrected chi connectivity index (χ2v) is 3.55. The Morgan fingerprint density at radius 1 is 1.42 bits per heavy atom. The first kappa shape index (κ1) is 10.0. The van der Waals surface area contributed by atoms with Crippen LogP contribution in [0.5, 0.6) is 0 Å². The van der Waals surface area contributed by atoms with E-state index in [4.69, 9.17) is 16.4 Å². The quantitative estimate of drug-likeness (QED) is 0.647. The molecule has 0 aromatic rings. The van der Waals surface area contributed by atoms with Crippen LogP contribution in [0.2, 0.25) is 0 Å². The molecule has 0 atom stereocenters. The van der Waals surface area contributed by atoms with Crippen LogP contribution >= 0.6 is 0 Å². The summed E-state index contributed by atoms with van der Waals surface area (Å²) in [6.07, 6.45) is 2.63. The summed E-state index contributed by atoms with van der Waals surface area (Å²) in [7, 11) is 0. The predicted octanol–water partition coefficient (Wildman–Crippen LogP) is 2.27. The molecule has 1 fully saturated rings. The lowest BCUT2D eigenvalue weighted by atomic mass is 10.0. The van der Waals surface area contributed by atoms with Crippen LogP contribution in [-0.2, 0) is 9.47 Å². The number of hydrogen-bond acceptors (Lipinski definition) is 2. The van der Waals surface area contributed by atoms with Crippen molar-refractivity contribution in [3.05, 3.63) is 6.92 Å². The van der Waals surface area contributed by atoms with Gasteiger partial charge in [-0.15, -0.1) is 0 Å². The smallest absolute Gasteiger partial charge is 0.165 e. The standard InChI is InChI=1S/C10H18O2/c1-4-6-9-7-11-10(3,5-2)12-8-9/h1,9H,4-8H2,2-3H3. The maximum Gasteiger partial charge on any atom is 0.165 e. The summed E-state index contributed by atoms with van der Waals surface area (Å²) in [5.74, 6) is 0.153. The van der Waals surface area contributed by atoms with E-state index in [1.807, 2.05) is 6.92 Å². The van der Waals surface area contributed by atoms with E-state index < -0.39 is 0 Å². The summed E-state index contributed by atoms with van der Waals surface area (Å²) in [5, 5.41) is 0. The Morgan fingerprint density at radius 3 is 2.42 bits per heavy atom. The summed E-state index contributed by atoms with van der Waals surface area (Å²) >= 11 is 0. The molecule has 1 aliphatic rings. The van der Waals surface area contributed by atoms with E-state index in [1.165, 1.54) is 0 Å². The first-order valence-corrected chi connectivity index (χ1v) is 4.68. The third-order valence-corrected chi connectivity index (χ3v) is 2.47. The van der Waals surface area contributed by atoms with Crippen molar-refractivity contribution in [3.63, 3.8) is 0 Å². The molecule has 1 saturated heterocycles. The second-order valence-electron chi connectivity index (χ2n) is 3.55. The van der Waals surface area contributed by atoms with Gasteiger partial charge in [-0.2, -0.15) is 0 Å². The van der Waals surface area contributed by atoms with Crippen LogP contribution in [0.4, 0.5) is 0 Å². The molecule has 0 aromatic carbocycles. The van der Waals surface area contributed by atoms with Gasteiger partial charge in [0.15, 0.2) is 5.79 Å². The molecule has 0 saturated carbocycles. The zero-order chi connectivity index (χ0) is 9.03. The van der Waals surface area contributed by atoms with E-state index in [-0.39, 0.29) is 5.79 Å². The minimum Gasteiger partial charge on any atom is -0.350 e. The Hall–Kier alpha value is -0.0800. The van der Waals surface area contributed by atoms with E-state index in [9.17, 15) is 0 Å². The lowest BCUT2D eigenvalue weighted by molar-refractivity contribution is -0.274. The highest BCUT2D eigenvalue weighted by atomic mass is 16.7. The van der Waals surface area contributed by atoms with Crippen LogP contribution < -0.4 is 0 Å². The minimum absolute atomic E-state index is 0.342. The van der Waals surface area contributed by atoms with Crippen molar-refractivity contribution in [2.75, 3.05) is 13.2 Å². The lowest BCUT2D eigenvalue weighted by Crippen LogP contribution is -2.41. The van der Waals surface area contributed by atoms with Crippen molar-refractivity contribution in [3.8, 4) is 0 Å². The van der Waals surface area contributed by atoms with Gasteiger partial charge in [0.1, 0.15) is 0 Å². The van der Waals surface area contributed by atoms with Gasteiger partial charge in [0.05, 0.1) is 13.2 Å². The highest BCUT2D eigenvalue weighted by Crippen LogP contribution is 2.25. The Kier molecular flexibility index (Phi) is 3.53. The van der Waals surface area contributed by atoms with Gasteiger partial charge >= 0.3 is 0 Å². The van der Waals surface area contributed by atoms with E-state index >= 15 is 0 Å². The summed E-state index contributed by atoms with van der Waals surface area (Å²) < 4.78 is 11.2. The van der Waals surface area contributed by atoms with Gasteiger partial charge in [-0.3, -0.25) is 0 Å². The molecule has 0 unspecified atom stereocenters. The second kappa shape index (κ2) is 4.24. The normalized spacial score (nSPS) is 36.8. The molecule has 12 heavy (non-hydrogen) atoms. The SMILES string of the molecule is [CH]CCC1COC(C)(CC)OC1. The average molecular weight is 170 g/mol. The predicted molar refractivity (Wildman–Crippen MR) is 47.6 cm³/mol. The Balaban J connectivity index is 2.29. The molecular weight excluding hydrogens is 152 g/mol. The van der Waals surface area contributed by atoms with Crippen LogP contribution in [0.1, 0.15) is 33.1 Å². The monoisotopic (exact) mass is 170 g/mol. The van der Waals surface area contributed by atoms with Crippen molar-refractivity contribution in [2.24, 2.45) is 5.92 Å². The molecule has 2 heteroatoms. The zero-order valence-electron chi connectivity index (χ0n) is 8.01. The van der Waals surface area contributed by atoms with Crippen molar-refractivity contribution in [1.29, 1.82) is 0 Å². The van der Waals surface area contributed by atoms with Crippen LogP contribution in [-0.4, -0.2) is 19.0 Å². The fourth-order valence-electron chi connectivity index (χ4n) is 1.28. The molecule has 0 bridgehead atoms. The summed E-state index contributed by atoms with van der Waals surface area (Å²) in [6, 6.07) is 0. The van der Waals surface area contributed by atoms with Crippen molar-refractivity contribution < 1.29 is 9.47 Å². The third-order valence-electron chi connectivity index (χ3n) is 2.47. The van der Waals surface area contributed by atoms with Crippen LogP contribution in [0.15, 0.2) is 0 Å². The third kappa shape index (κ3) is 2.46. The van der Waals surface area contributed by atoms with Crippen molar-refractivity contribution in [1.82, 2.24) is 0 Å². The Morgan fingerprint density at radius 2 is 2.00 bits per heavy atom. The van der Waals surface area contributed by atoms with Gasteiger partial charge < -0.3 is 9.47 Å². The van der Waals surface area contributed by atoms with Gasteiger partial charge in [-0.1, -0.05) is 6.92 Å². The van der Waals surface area contributed by atoms with Gasteiger partial charge in [0.25, 0.3) is 0 Å². The summed E-state index contributed by atoms with van der Waals surface area (Å²) in [6.45, 7) is 11.1. The fourth-order valence-corrected chi connectivity index (χ4v) is 1.28. The first-order valence-electron chi connectivity index (χ1n) is 4.68. The average Bonchev–Trinajstić information content (AvgIpc) is 2.10. The molecule has 0 spiro atoms. The highest BCUT2D eigenvalue weighted by molar-refractivity contribution is 4.70. The molecule has 1 aliphatic heterocycles. The highest BCUT2D eigenvalue weighted by Gasteiger charge is 2.30. The van der Waals surface area contributed by atoms with Crippen molar-refractivity contribution >= 4 is 0 Å². The van der Waals surface area contributed by atoms with Gasteiger partial charge in [0, 0.05) is 5.92 Å². The molecule has 0 amide bonds. The summed E-state index contributed by atoms with van der Waals surface area (Å²) in [4.78, 5) is 0. The maximum atomic E-state index is 5.60. The minimum atomic E-state index is -0.342. The molecular formula is C10H18O2. The maximum absolute atomic E-state index is 5.60. The van der Waals surface area contributed by atoms with E-state index in [0.717, 1.165) is 32.5 Å². The molecule has 70 valence electrons. The zero-order valence-corrected chi connectivity index (χ0v) is 8.01. The van der Waals surface area contributed by atoms with Crippen LogP contribution in [0.3, 0.4) is 0 Å².